The van der Waals surface area contributed by atoms with Crippen LogP contribution in [0.25, 0.3) is 0 Å². The lowest BCUT2D eigenvalue weighted by Gasteiger charge is -2.24. The molecule has 3 unspecified atom stereocenters. The molecule has 0 aromatic heterocycles. The fourth-order valence-corrected chi connectivity index (χ4v) is 7.31. The predicted octanol–water partition coefficient (Wildman–Crippen LogP) is 16.5. The maximum atomic E-state index is 13.2. The molecule has 0 aromatic rings. The Kier molecular flexibility index (Phi) is 49.3. The summed E-state index contributed by atoms with van der Waals surface area (Å²) in [6, 6.07) is -0.735. The minimum atomic E-state index is -0.816. The number of unbranched alkanes of at least 4 members (excludes halogenated alkanes) is 14. The summed E-state index contributed by atoms with van der Waals surface area (Å²) in [5.41, 5.74) is 0. The van der Waals surface area contributed by atoms with Crippen LogP contribution in [0, 0.1) is 0 Å². The maximum absolute atomic E-state index is 13.2. The average molecular weight is 914 g/mol. The number of esters is 1. The van der Waals surface area contributed by atoms with Gasteiger partial charge in [0.2, 0.25) is 5.91 Å². The number of aliphatic hydroxyl groups is 2. The first-order valence-corrected chi connectivity index (χ1v) is 26.8. The van der Waals surface area contributed by atoms with Gasteiger partial charge in [0.05, 0.1) is 25.2 Å². The van der Waals surface area contributed by atoms with E-state index in [0.29, 0.717) is 19.3 Å². The zero-order chi connectivity index (χ0) is 48.1. The molecule has 0 saturated carbocycles. The van der Waals surface area contributed by atoms with Gasteiger partial charge in [0.25, 0.3) is 0 Å². The second-order valence-corrected chi connectivity index (χ2v) is 17.5. The average Bonchev–Trinajstić information content (AvgIpc) is 3.31. The van der Waals surface area contributed by atoms with Gasteiger partial charge in [0.1, 0.15) is 6.10 Å². The number of aliphatic hydroxyl groups excluding tert-OH is 2. The summed E-state index contributed by atoms with van der Waals surface area (Å²) in [6.07, 6.45) is 72.6. The van der Waals surface area contributed by atoms with Gasteiger partial charge in [-0.1, -0.05) is 219 Å². The van der Waals surface area contributed by atoms with Crippen molar-refractivity contribution in [1.82, 2.24) is 5.32 Å². The van der Waals surface area contributed by atoms with E-state index in [1.165, 1.54) is 51.4 Å². The minimum Gasteiger partial charge on any atom is -0.462 e. The van der Waals surface area contributed by atoms with E-state index < -0.39 is 18.2 Å². The molecule has 0 spiro atoms. The van der Waals surface area contributed by atoms with Crippen LogP contribution >= 0.6 is 0 Å². The Balaban J connectivity index is 4.78. The number of ether oxygens (including phenoxy) is 1. The molecular weight excluding hydrogens is 815 g/mol. The molecule has 0 heterocycles. The highest BCUT2D eigenvalue weighted by molar-refractivity contribution is 5.77. The van der Waals surface area contributed by atoms with Crippen molar-refractivity contribution >= 4 is 11.9 Å². The molecule has 0 aliphatic carbocycles. The van der Waals surface area contributed by atoms with Gasteiger partial charge in [0.15, 0.2) is 0 Å². The number of amides is 1. The normalized spacial score (nSPS) is 14.2. The van der Waals surface area contributed by atoms with Crippen molar-refractivity contribution in [3.63, 3.8) is 0 Å². The minimum absolute atomic E-state index is 0.0170. The molecule has 66 heavy (non-hydrogen) atoms. The number of allylic oxidation sites excluding steroid dienone is 20. The number of carbonyl (C=O) groups excluding carboxylic acids is 2. The first-order valence-electron chi connectivity index (χ1n) is 26.8. The van der Waals surface area contributed by atoms with Gasteiger partial charge in [-0.3, -0.25) is 9.59 Å². The van der Waals surface area contributed by atoms with Crippen LogP contribution in [0.2, 0.25) is 0 Å². The third-order valence-electron chi connectivity index (χ3n) is 11.3. The zero-order valence-electron chi connectivity index (χ0n) is 42.5. The molecule has 0 aromatic carbocycles. The van der Waals surface area contributed by atoms with Crippen molar-refractivity contribution in [2.45, 2.75) is 238 Å². The molecule has 0 fully saturated rings. The number of hydrogen-bond acceptors (Lipinski definition) is 5. The lowest BCUT2D eigenvalue weighted by molar-refractivity contribution is -0.151. The Morgan fingerprint density at radius 1 is 0.455 bits per heavy atom. The van der Waals surface area contributed by atoms with Crippen molar-refractivity contribution in [3.8, 4) is 0 Å². The summed E-state index contributed by atoms with van der Waals surface area (Å²) in [5.74, 6) is -0.579. The maximum Gasteiger partial charge on any atom is 0.306 e. The molecule has 374 valence electrons. The van der Waals surface area contributed by atoms with Crippen LogP contribution in [0.3, 0.4) is 0 Å². The van der Waals surface area contributed by atoms with Crippen LogP contribution in [0.5, 0.6) is 0 Å². The van der Waals surface area contributed by atoms with Gasteiger partial charge >= 0.3 is 5.97 Å². The largest absolute Gasteiger partial charge is 0.462 e. The van der Waals surface area contributed by atoms with Crippen LogP contribution < -0.4 is 5.32 Å². The predicted molar refractivity (Wildman–Crippen MR) is 286 cm³/mol. The second-order valence-electron chi connectivity index (χ2n) is 17.5. The Morgan fingerprint density at radius 2 is 0.833 bits per heavy atom. The number of rotatable bonds is 46. The molecule has 3 N–H and O–H groups in total. The highest BCUT2D eigenvalue weighted by Gasteiger charge is 2.24. The molecule has 6 heteroatoms. The van der Waals surface area contributed by atoms with E-state index in [4.69, 9.17) is 4.74 Å². The van der Waals surface area contributed by atoms with Crippen LogP contribution in [0.1, 0.15) is 220 Å². The molecule has 6 nitrogen and oxygen atoms in total. The summed E-state index contributed by atoms with van der Waals surface area (Å²) >= 11 is 0. The van der Waals surface area contributed by atoms with Gasteiger partial charge in [-0.05, 0) is 109 Å². The van der Waals surface area contributed by atoms with E-state index >= 15 is 0 Å². The van der Waals surface area contributed by atoms with Gasteiger partial charge in [0, 0.05) is 6.42 Å². The first kappa shape index (κ1) is 62.3. The molecular formula is C60H99NO5. The molecule has 0 radical (unpaired) electrons. The van der Waals surface area contributed by atoms with Crippen molar-refractivity contribution < 1.29 is 24.5 Å². The van der Waals surface area contributed by atoms with E-state index in [1.807, 2.05) is 0 Å². The highest BCUT2D eigenvalue weighted by Crippen LogP contribution is 2.16. The summed E-state index contributed by atoms with van der Waals surface area (Å²) in [5, 5.41) is 23.7. The number of hydrogen-bond donors (Lipinski definition) is 3. The van der Waals surface area contributed by atoms with Gasteiger partial charge < -0.3 is 20.3 Å². The van der Waals surface area contributed by atoms with Gasteiger partial charge in [-0.25, -0.2) is 0 Å². The van der Waals surface area contributed by atoms with Gasteiger partial charge in [-0.15, -0.1) is 0 Å². The second kappa shape index (κ2) is 52.2. The van der Waals surface area contributed by atoms with Crippen molar-refractivity contribution in [3.05, 3.63) is 122 Å². The summed E-state index contributed by atoms with van der Waals surface area (Å²) in [4.78, 5) is 26.2. The summed E-state index contributed by atoms with van der Waals surface area (Å²) in [7, 11) is 0. The third kappa shape index (κ3) is 46.8. The Hall–Kier alpha value is -3.74. The van der Waals surface area contributed by atoms with E-state index in [-0.39, 0.29) is 24.9 Å². The number of carbonyl (C=O) groups is 2. The topological polar surface area (TPSA) is 95.9 Å². The number of nitrogens with one attached hydrogen (secondary N) is 1. The van der Waals surface area contributed by atoms with E-state index in [2.05, 4.69) is 148 Å². The van der Waals surface area contributed by atoms with Crippen LogP contribution in [0.15, 0.2) is 122 Å². The molecule has 0 aliphatic rings. The summed E-state index contributed by atoms with van der Waals surface area (Å²) in [6.45, 7) is 6.22. The molecule has 0 rings (SSSR count). The molecule has 0 bridgehead atoms. The van der Waals surface area contributed by atoms with E-state index in [1.54, 1.807) is 0 Å². The summed E-state index contributed by atoms with van der Waals surface area (Å²) < 4.78 is 5.90. The third-order valence-corrected chi connectivity index (χ3v) is 11.3. The smallest absolute Gasteiger partial charge is 0.306 e. The van der Waals surface area contributed by atoms with Crippen molar-refractivity contribution in [1.29, 1.82) is 0 Å². The standard InChI is InChI=1S/C60H99NO5/c1-4-7-10-13-16-19-22-24-26-28-29-31-33-35-38-41-44-47-50-53-60(65)66-56(51-48-45-42-39-37-34-32-30-27-25-23-20-17-14-11-8-5-2)54-59(64)61-57(55-62)58(63)52-49-46-43-40-36-21-18-15-12-9-6-3/h7-8,10-11,16-17,19-20,24-27,29,31-32,34-35,38-39,42,56-58,62-63H,4-6,9,12-15,18,21-23,28,30,33,36-37,40-41,43-55H2,1-3H3,(H,61,64)/b10-7-,11-8-,19-16-,20-17-,26-24-,27-25-,31-29-,34-32-,38-35-,42-39-. The molecule has 1 amide bonds. The fraction of sp³-hybridized carbons (Fsp3) is 0.633. The fourth-order valence-electron chi connectivity index (χ4n) is 7.31. The molecule has 3 atom stereocenters. The Labute approximate surface area is 406 Å². The Morgan fingerprint density at radius 3 is 1.26 bits per heavy atom. The lowest BCUT2D eigenvalue weighted by atomic mass is 10.0. The van der Waals surface area contributed by atoms with Gasteiger partial charge in [-0.2, -0.15) is 0 Å². The van der Waals surface area contributed by atoms with Crippen molar-refractivity contribution in [2.24, 2.45) is 0 Å². The van der Waals surface area contributed by atoms with E-state index in [0.717, 1.165) is 122 Å². The Bertz CT molecular complexity index is 1390. The van der Waals surface area contributed by atoms with Crippen LogP contribution in [-0.4, -0.2) is 46.9 Å². The van der Waals surface area contributed by atoms with Crippen LogP contribution in [-0.2, 0) is 14.3 Å². The lowest BCUT2D eigenvalue weighted by Crippen LogP contribution is -2.46. The molecule has 0 saturated heterocycles. The first-order chi connectivity index (χ1) is 32.5. The van der Waals surface area contributed by atoms with Crippen molar-refractivity contribution in [2.75, 3.05) is 6.61 Å². The SMILES string of the molecule is CC/C=C\C/C=C\C/C=C\C/C=C\C/C=C\CCCCCC(=O)OC(CCC/C=C\C/C=C\C/C=C\C/C=C\C/C=C\CC)CC(=O)NC(CO)C(O)CCCCCCCCCCCCC. The molecule has 0 aliphatic heterocycles. The zero-order valence-corrected chi connectivity index (χ0v) is 42.5. The quantitative estimate of drug-likeness (QED) is 0.0321. The van der Waals surface area contributed by atoms with E-state index in [9.17, 15) is 19.8 Å². The monoisotopic (exact) mass is 914 g/mol. The van der Waals surface area contributed by atoms with Crippen LogP contribution in [0.4, 0.5) is 0 Å². The highest BCUT2D eigenvalue weighted by atomic mass is 16.5.